The van der Waals surface area contributed by atoms with E-state index >= 15 is 0 Å². The molecule has 0 spiro atoms. The third kappa shape index (κ3) is 2.54. The summed E-state index contributed by atoms with van der Waals surface area (Å²) in [5.41, 5.74) is 1.09. The summed E-state index contributed by atoms with van der Waals surface area (Å²) in [6, 6.07) is 8.04. The molecule has 0 saturated carbocycles. The highest BCUT2D eigenvalue weighted by molar-refractivity contribution is 8.35. The first-order valence-electron chi connectivity index (χ1n) is 6.31. The molecule has 0 atom stereocenters. The predicted octanol–water partition coefficient (Wildman–Crippen LogP) is 2.33. The van der Waals surface area contributed by atoms with Crippen molar-refractivity contribution in [2.75, 3.05) is 6.54 Å². The zero-order chi connectivity index (χ0) is 15.0. The molecule has 0 aliphatic carbocycles. The lowest BCUT2D eigenvalue weighted by Crippen LogP contribution is -2.29. The Morgan fingerprint density at radius 1 is 1.29 bits per heavy atom. The van der Waals surface area contributed by atoms with Crippen LogP contribution in [0.4, 0.5) is 0 Å². The number of carbonyl (C=O) groups is 1. The fourth-order valence-electron chi connectivity index (χ4n) is 1.98. The van der Waals surface area contributed by atoms with Crippen LogP contribution in [-0.4, -0.2) is 31.3 Å². The number of hydrogen-bond donors (Lipinski definition) is 0. The molecule has 0 unspecified atom stereocenters. The maximum Gasteiger partial charge on any atom is 0.286 e. The summed E-state index contributed by atoms with van der Waals surface area (Å²) >= 11 is 7.88. The summed E-state index contributed by atoms with van der Waals surface area (Å²) < 4.78 is 3.64. The number of para-hydroxylation sites is 1. The molecule has 1 saturated heterocycles. The van der Waals surface area contributed by atoms with Gasteiger partial charge in [-0.1, -0.05) is 35.7 Å². The van der Waals surface area contributed by atoms with Crippen LogP contribution in [0.3, 0.4) is 0 Å². The molecular weight excluding hydrogens is 324 g/mol. The molecule has 1 aliphatic rings. The number of aromatic nitrogens is 1. The molecule has 21 heavy (non-hydrogen) atoms. The maximum atomic E-state index is 12.0. The molecule has 8 heteroatoms. The van der Waals surface area contributed by atoms with Crippen molar-refractivity contribution >= 4 is 60.8 Å². The van der Waals surface area contributed by atoms with Crippen LogP contribution in [0.1, 0.15) is 6.92 Å². The van der Waals surface area contributed by atoms with Crippen molar-refractivity contribution in [2.45, 2.75) is 6.92 Å². The average molecular weight is 336 g/mol. The smallest absolute Gasteiger partial charge is 0.286 e. The van der Waals surface area contributed by atoms with Crippen LogP contribution in [0.2, 0.25) is 0 Å². The minimum absolute atomic E-state index is 0.167. The van der Waals surface area contributed by atoms with Crippen molar-refractivity contribution < 1.29 is 4.79 Å². The van der Waals surface area contributed by atoms with Gasteiger partial charge < -0.3 is 4.57 Å². The van der Waals surface area contributed by atoms with Gasteiger partial charge in [-0.05, 0) is 30.8 Å². The Hall–Kier alpha value is -1.51. The Bertz CT molecular complexity index is 833. The van der Waals surface area contributed by atoms with Gasteiger partial charge in [-0.25, -0.2) is 0 Å². The van der Waals surface area contributed by atoms with Gasteiger partial charge in [-0.3, -0.25) is 9.69 Å². The van der Waals surface area contributed by atoms with Crippen LogP contribution in [0, 0.1) is 0 Å². The summed E-state index contributed by atoms with van der Waals surface area (Å²) in [5.74, 6) is -0.167. The molecular formula is C13H12N4OS3. The lowest BCUT2D eigenvalue weighted by atomic mass is 10.3. The van der Waals surface area contributed by atoms with E-state index in [-0.39, 0.29) is 5.91 Å². The van der Waals surface area contributed by atoms with Crippen molar-refractivity contribution in [1.82, 2.24) is 9.47 Å². The van der Waals surface area contributed by atoms with Gasteiger partial charge in [-0.2, -0.15) is 0 Å². The molecule has 1 aromatic carbocycles. The number of rotatable bonds is 2. The third-order valence-corrected chi connectivity index (χ3v) is 5.51. The number of nitrogens with zero attached hydrogens (tertiary/aromatic N) is 4. The van der Waals surface area contributed by atoms with Crippen molar-refractivity contribution in [2.24, 2.45) is 17.3 Å². The molecule has 5 nitrogen and oxygen atoms in total. The highest BCUT2D eigenvalue weighted by Crippen LogP contribution is 2.22. The second-order valence-corrected chi connectivity index (χ2v) is 6.97. The lowest BCUT2D eigenvalue weighted by molar-refractivity contribution is -0.119. The number of carbonyl (C=O) groups excluding carboxylic acids is 1. The second-order valence-electron chi connectivity index (χ2n) is 4.33. The van der Waals surface area contributed by atoms with Crippen LogP contribution < -0.4 is 4.80 Å². The molecule has 0 radical (unpaired) electrons. The molecule has 2 heterocycles. The molecule has 1 aromatic heterocycles. The molecule has 2 aromatic rings. The van der Waals surface area contributed by atoms with Crippen molar-refractivity contribution in [3.63, 3.8) is 0 Å². The first kappa shape index (κ1) is 14.4. The fourth-order valence-corrected chi connectivity index (χ4v) is 4.17. The van der Waals surface area contributed by atoms with Gasteiger partial charge in [0.05, 0.1) is 10.2 Å². The summed E-state index contributed by atoms with van der Waals surface area (Å²) in [6.07, 6.45) is 0. The molecule has 1 amide bonds. The molecule has 108 valence electrons. The SMILES string of the molecule is CCN1C(=O)/C(=N/N=c2\sc3ccccc3n2C)SC1=S. The Balaban J connectivity index is 2.02. The quantitative estimate of drug-likeness (QED) is 0.625. The second kappa shape index (κ2) is 5.70. The monoisotopic (exact) mass is 336 g/mol. The summed E-state index contributed by atoms with van der Waals surface area (Å²) in [5, 5.41) is 8.65. The number of thioether (sulfide) groups is 1. The van der Waals surface area contributed by atoms with Gasteiger partial charge in [0.1, 0.15) is 4.32 Å². The van der Waals surface area contributed by atoms with E-state index in [1.54, 1.807) is 0 Å². The summed E-state index contributed by atoms with van der Waals surface area (Å²) in [7, 11) is 1.93. The lowest BCUT2D eigenvalue weighted by Gasteiger charge is -2.08. The molecule has 1 aliphatic heterocycles. The van der Waals surface area contributed by atoms with Gasteiger partial charge in [0, 0.05) is 13.6 Å². The van der Waals surface area contributed by atoms with Gasteiger partial charge in [0.2, 0.25) is 4.80 Å². The van der Waals surface area contributed by atoms with E-state index in [0.29, 0.717) is 15.9 Å². The van der Waals surface area contributed by atoms with E-state index in [4.69, 9.17) is 12.2 Å². The minimum Gasteiger partial charge on any atom is -0.318 e. The number of hydrogen-bond acceptors (Lipinski definition) is 6. The highest BCUT2D eigenvalue weighted by atomic mass is 32.2. The normalized spacial score (nSPS) is 18.5. The van der Waals surface area contributed by atoms with Crippen LogP contribution in [0.15, 0.2) is 34.5 Å². The maximum absolute atomic E-state index is 12.0. The number of aryl methyl sites for hydroxylation is 1. The van der Waals surface area contributed by atoms with Crippen molar-refractivity contribution in [3.05, 3.63) is 29.1 Å². The number of thiazole rings is 1. The van der Waals surface area contributed by atoms with Crippen molar-refractivity contribution in [1.29, 1.82) is 0 Å². The standard InChI is InChI=1S/C13H12N4OS3/c1-3-17-11(18)10(21-13(17)19)14-15-12-16(2)8-6-4-5-7-9(8)20-12/h4-7H,3H2,1-2H3/b14-10-,15-12-. The van der Waals surface area contributed by atoms with E-state index < -0.39 is 0 Å². The van der Waals surface area contributed by atoms with Crippen LogP contribution in [0.5, 0.6) is 0 Å². The van der Waals surface area contributed by atoms with E-state index in [1.165, 1.54) is 28.0 Å². The minimum atomic E-state index is -0.167. The summed E-state index contributed by atoms with van der Waals surface area (Å²) in [6.45, 7) is 2.44. The Morgan fingerprint density at radius 3 is 2.71 bits per heavy atom. The van der Waals surface area contributed by atoms with E-state index in [2.05, 4.69) is 10.2 Å². The predicted molar refractivity (Wildman–Crippen MR) is 91.4 cm³/mol. The van der Waals surface area contributed by atoms with Gasteiger partial charge in [0.15, 0.2) is 5.04 Å². The van der Waals surface area contributed by atoms with Gasteiger partial charge >= 0.3 is 0 Å². The topological polar surface area (TPSA) is 50.0 Å². The van der Waals surface area contributed by atoms with E-state index in [0.717, 1.165) is 15.0 Å². The summed E-state index contributed by atoms with van der Waals surface area (Å²) in [4.78, 5) is 14.3. The molecule has 0 bridgehead atoms. The van der Waals surface area contributed by atoms with Crippen LogP contribution in [-0.2, 0) is 11.8 Å². The molecule has 0 N–H and O–H groups in total. The first-order chi connectivity index (χ1) is 10.1. The van der Waals surface area contributed by atoms with E-state index in [1.807, 2.05) is 42.8 Å². The average Bonchev–Trinajstić information content (AvgIpc) is 2.94. The number of amides is 1. The Morgan fingerprint density at radius 2 is 2.05 bits per heavy atom. The number of benzene rings is 1. The van der Waals surface area contributed by atoms with E-state index in [9.17, 15) is 4.79 Å². The van der Waals surface area contributed by atoms with Crippen LogP contribution >= 0.6 is 35.3 Å². The van der Waals surface area contributed by atoms with Crippen LogP contribution in [0.25, 0.3) is 10.2 Å². The number of fused-ring (bicyclic) bond motifs is 1. The largest absolute Gasteiger partial charge is 0.318 e. The number of thiocarbonyl (C=S) groups is 1. The third-order valence-electron chi connectivity index (χ3n) is 3.09. The zero-order valence-corrected chi connectivity index (χ0v) is 13.9. The molecule has 1 fully saturated rings. The van der Waals surface area contributed by atoms with Gasteiger partial charge in [0.25, 0.3) is 5.91 Å². The Kier molecular flexibility index (Phi) is 3.92. The zero-order valence-electron chi connectivity index (χ0n) is 11.4. The highest BCUT2D eigenvalue weighted by Gasteiger charge is 2.32. The Labute approximate surface area is 135 Å². The van der Waals surface area contributed by atoms with Gasteiger partial charge in [-0.15, -0.1) is 10.2 Å². The first-order valence-corrected chi connectivity index (χ1v) is 8.36. The fraction of sp³-hybridized carbons (Fsp3) is 0.231. The van der Waals surface area contributed by atoms with Crippen molar-refractivity contribution in [3.8, 4) is 0 Å². The molecule has 3 rings (SSSR count).